The summed E-state index contributed by atoms with van der Waals surface area (Å²) in [7, 11) is 4.00. The number of anilines is 1. The average molecular weight is 1410 g/mol. The van der Waals surface area contributed by atoms with Gasteiger partial charge in [-0.15, -0.1) is 5.10 Å². The number of carbonyl (C=O) groups is 3. The van der Waals surface area contributed by atoms with Gasteiger partial charge in [0.1, 0.15) is 0 Å². The van der Waals surface area contributed by atoms with Crippen molar-refractivity contribution in [2.45, 2.75) is 74.5 Å². The number of nitrogens with two attached hydrogens (primary N) is 1. The lowest BCUT2D eigenvalue weighted by atomic mass is 10.1. The number of ether oxygens (including phenoxy) is 1. The molecule has 10 N–H and O–H groups in total. The maximum atomic E-state index is 11.8. The number of hydrogen-bond donors (Lipinski definition) is 9. The van der Waals surface area contributed by atoms with E-state index in [4.69, 9.17) is 117 Å². The average Bonchev–Trinajstić information content (AvgIpc) is 3.41. The molecule has 8 aromatic rings. The van der Waals surface area contributed by atoms with Crippen LogP contribution in [0.25, 0.3) is 0 Å². The number of rotatable bonds is 18. The SMILES string of the molecule is C.C.C.CCOC(=O)Cc1ccccc1.CO.CO.CO.CO.Clc1ccc(CNc2nnc(Cc3ccccc3)o2)cc1Cl.NNC(=O)Cc1ccccc1.O=C(Cc1ccccc1)NCC(=S)NCc1ccc(Cl)c(Cl)c1.S=C=NCc1ccc(Cl)c(Cl)c1. The Morgan fingerprint density at radius 2 is 0.923 bits per heavy atom. The lowest BCUT2D eigenvalue weighted by molar-refractivity contribution is -0.142. The third kappa shape index (κ3) is 42.7. The highest BCUT2D eigenvalue weighted by Crippen LogP contribution is 2.25. The van der Waals surface area contributed by atoms with Crippen LogP contribution < -0.4 is 27.2 Å². The number of aliphatic hydroxyl groups is 4. The molecule has 8 rings (SSSR count). The summed E-state index contributed by atoms with van der Waals surface area (Å²) >= 11 is 44.8. The van der Waals surface area contributed by atoms with Gasteiger partial charge in [0.05, 0.1) is 85.7 Å². The van der Waals surface area contributed by atoms with Crippen LogP contribution in [-0.2, 0) is 64.4 Å². The number of benzene rings is 7. The highest BCUT2D eigenvalue weighted by molar-refractivity contribution is 7.80. The first-order chi connectivity index (χ1) is 42.6. The van der Waals surface area contributed by atoms with Crippen molar-refractivity contribution in [3.8, 4) is 0 Å². The molecule has 1 heterocycles. The summed E-state index contributed by atoms with van der Waals surface area (Å²) in [5.41, 5.74) is 9.06. The second-order valence-corrected chi connectivity index (χ2v) is 19.7. The number of aromatic nitrogens is 2. The molecule has 0 aliphatic rings. The van der Waals surface area contributed by atoms with E-state index in [9.17, 15) is 14.4 Å². The molecular weight excluding hydrogens is 1330 g/mol. The number of hydrazine groups is 1. The zero-order valence-corrected chi connectivity index (χ0v) is 55.1. The summed E-state index contributed by atoms with van der Waals surface area (Å²) in [6.07, 6.45) is 1.67. The lowest BCUT2D eigenvalue weighted by Crippen LogP contribution is -2.36. The van der Waals surface area contributed by atoms with Crippen molar-refractivity contribution in [3.05, 3.63) is 251 Å². The molecule has 0 bridgehead atoms. The molecule has 2 amide bonds. The van der Waals surface area contributed by atoms with E-state index in [0.29, 0.717) is 105 Å². The number of amides is 2. The molecule has 0 saturated heterocycles. The normalized spacial score (nSPS) is 8.97. The molecule has 0 atom stereocenters. The molecule has 0 aliphatic heterocycles. The summed E-state index contributed by atoms with van der Waals surface area (Å²) in [6, 6.07) is 55.2. The van der Waals surface area contributed by atoms with Gasteiger partial charge in [0.2, 0.25) is 17.7 Å². The van der Waals surface area contributed by atoms with E-state index >= 15 is 0 Å². The van der Waals surface area contributed by atoms with Crippen molar-refractivity contribution in [1.29, 1.82) is 0 Å². The summed E-state index contributed by atoms with van der Waals surface area (Å²) in [4.78, 5) is 37.9. The van der Waals surface area contributed by atoms with Gasteiger partial charge >= 0.3 is 12.0 Å². The number of nitrogens with one attached hydrogen (secondary N) is 4. The Morgan fingerprint density at radius 1 is 0.527 bits per heavy atom. The standard InChI is InChI=1S/C17H16Cl2N2OS.C16H13Cl2N3O.C10H12O2.C8H5Cl2NS.C8H10N2O.4CH4O.3CH4/c18-14-7-6-13(8-15(14)19)10-21-17(23)11-20-16(22)9-12-4-2-1-3-5-12;17-13-7-6-12(8-14(13)18)10-19-16-21-20-15(22-16)9-11-4-2-1-3-5-11;1-2-12-10(11)8-9-6-4-3-5-7-9;9-7-2-1-6(3-8(7)10)4-11-5-12;9-10-8(11)6-7-4-2-1-3-5-7;4*1-2;;;/h1-8H,9-11H2,(H,20,22)(H,21,23);1-8H,9-10H2,(H,19,21);3-7H,2,8H2,1H3;1-3H,4H2;1-5H,6,9H2,(H,10,11);4*2H,1H3;3*1H4. The minimum Gasteiger partial charge on any atom is -0.466 e. The maximum Gasteiger partial charge on any atom is 0.315 e. The predicted molar refractivity (Wildman–Crippen MR) is 384 cm³/mol. The van der Waals surface area contributed by atoms with Gasteiger partial charge < -0.3 is 45.5 Å². The first-order valence-electron chi connectivity index (χ1n) is 26.2. The van der Waals surface area contributed by atoms with Crippen LogP contribution >= 0.6 is 94.0 Å². The van der Waals surface area contributed by atoms with E-state index in [2.05, 4.69) is 53.9 Å². The number of thiocarbonyl (C=S) groups is 2. The molecule has 1 aromatic heterocycles. The van der Waals surface area contributed by atoms with E-state index in [0.717, 1.165) is 67.4 Å². The van der Waals surface area contributed by atoms with Crippen molar-refractivity contribution < 1.29 is 44.0 Å². The van der Waals surface area contributed by atoms with Crippen LogP contribution in [0, 0.1) is 0 Å². The van der Waals surface area contributed by atoms with Crippen LogP contribution in [-0.4, -0.2) is 100 Å². The Morgan fingerprint density at radius 3 is 1.34 bits per heavy atom. The van der Waals surface area contributed by atoms with Gasteiger partial charge in [-0.05, 0) is 94.5 Å². The molecule has 496 valence electrons. The van der Waals surface area contributed by atoms with Crippen molar-refractivity contribution in [1.82, 2.24) is 26.3 Å². The third-order valence-electron chi connectivity index (χ3n) is 10.4. The molecule has 17 nitrogen and oxygen atoms in total. The molecule has 0 aliphatic carbocycles. The van der Waals surface area contributed by atoms with Gasteiger partial charge in [0.15, 0.2) is 0 Å². The fraction of sp³-hybridized carbons (Fsp3) is 0.258. The van der Waals surface area contributed by atoms with Crippen molar-refractivity contribution in [2.75, 3.05) is 46.9 Å². The first kappa shape index (κ1) is 90.5. The number of halogens is 6. The Hall–Kier alpha value is -6.88. The Bertz CT molecular complexity index is 3240. The minimum absolute atomic E-state index is 0. The maximum absolute atomic E-state index is 11.8. The van der Waals surface area contributed by atoms with Crippen LogP contribution in [0.5, 0.6) is 0 Å². The summed E-state index contributed by atoms with van der Waals surface area (Å²) in [6.45, 7) is 4.13. The summed E-state index contributed by atoms with van der Waals surface area (Å²) < 4.78 is 10.4. The molecule has 25 heteroatoms. The fourth-order valence-electron chi connectivity index (χ4n) is 6.50. The molecule has 0 spiro atoms. The molecular formula is C66H84Cl6N8O9S2. The second kappa shape index (κ2) is 58.2. The van der Waals surface area contributed by atoms with Gasteiger partial charge in [0, 0.05) is 41.5 Å². The Kier molecular flexibility index (Phi) is 57.9. The molecule has 91 heavy (non-hydrogen) atoms. The van der Waals surface area contributed by atoms with E-state index in [-0.39, 0.29) is 40.1 Å². The van der Waals surface area contributed by atoms with Crippen LogP contribution in [0.15, 0.2) is 185 Å². The van der Waals surface area contributed by atoms with Crippen molar-refractivity contribution in [2.24, 2.45) is 10.8 Å². The van der Waals surface area contributed by atoms with Crippen molar-refractivity contribution in [3.63, 3.8) is 0 Å². The Labute approximate surface area is 577 Å². The van der Waals surface area contributed by atoms with Crippen LogP contribution in [0.1, 0.15) is 74.0 Å². The zero-order valence-electron chi connectivity index (χ0n) is 48.9. The van der Waals surface area contributed by atoms with Gasteiger partial charge in [-0.1, -0.05) is 249 Å². The summed E-state index contributed by atoms with van der Waals surface area (Å²) in [5, 5.41) is 50.4. The molecule has 0 fully saturated rings. The minimum atomic E-state index is -0.170. The van der Waals surface area contributed by atoms with Crippen LogP contribution in [0.3, 0.4) is 0 Å². The highest BCUT2D eigenvalue weighted by Gasteiger charge is 2.09. The quantitative estimate of drug-likeness (QED) is 0.00965. The fourth-order valence-corrected chi connectivity index (χ4v) is 7.67. The molecule has 0 saturated carbocycles. The monoisotopic (exact) mass is 1410 g/mol. The van der Waals surface area contributed by atoms with E-state index in [1.54, 1.807) is 36.4 Å². The second-order valence-electron chi connectivity index (χ2n) is 16.6. The number of aliphatic imine (C=N–C) groups is 1. The van der Waals surface area contributed by atoms with Crippen LogP contribution in [0.2, 0.25) is 30.1 Å². The molecule has 7 aromatic carbocycles. The number of isothiocyanates is 1. The number of carbonyl (C=O) groups excluding carboxylic acids is 3. The zero-order chi connectivity index (χ0) is 65.9. The van der Waals surface area contributed by atoms with E-state index in [1.165, 1.54) is 0 Å². The van der Waals surface area contributed by atoms with Gasteiger partial charge in [-0.25, -0.2) is 10.8 Å². The first-order valence-corrected chi connectivity index (χ1v) is 29.3. The largest absolute Gasteiger partial charge is 0.466 e. The number of hydrogen-bond acceptors (Lipinski definition) is 16. The predicted octanol–water partition coefficient (Wildman–Crippen LogP) is 14.3. The van der Waals surface area contributed by atoms with Crippen LogP contribution in [0.4, 0.5) is 6.01 Å². The number of nitrogens with zero attached hydrogens (tertiary/aromatic N) is 3. The van der Waals surface area contributed by atoms with Gasteiger partial charge in [-0.3, -0.25) is 19.8 Å². The molecule has 0 unspecified atom stereocenters. The van der Waals surface area contributed by atoms with Gasteiger partial charge in [0.25, 0.3) is 0 Å². The van der Waals surface area contributed by atoms with E-state index < -0.39 is 0 Å². The number of aliphatic hydroxyl groups excluding tert-OH is 4. The summed E-state index contributed by atoms with van der Waals surface area (Å²) in [5.74, 6) is 5.10. The van der Waals surface area contributed by atoms with E-state index in [1.807, 2.05) is 146 Å². The lowest BCUT2D eigenvalue weighted by Gasteiger charge is -2.10. The Balaban J connectivity index is -0.000000516. The van der Waals surface area contributed by atoms with Gasteiger partial charge in [-0.2, -0.15) is 0 Å². The third-order valence-corrected chi connectivity index (χ3v) is 13.0. The topological polar surface area (TPSA) is 267 Å². The smallest absolute Gasteiger partial charge is 0.315 e. The number of esters is 1. The highest BCUT2D eigenvalue weighted by atomic mass is 35.5. The molecule has 0 radical (unpaired) electrons. The van der Waals surface area contributed by atoms with Crippen molar-refractivity contribution >= 4 is 128 Å².